The Hall–Kier alpha value is -1.60. The van der Waals surface area contributed by atoms with Crippen LogP contribution < -0.4 is 9.74 Å². The molecule has 0 spiro atoms. The van der Waals surface area contributed by atoms with Gasteiger partial charge in [0.15, 0.2) is 0 Å². The average molecular weight is 458 g/mol. The molecule has 1 aromatic rings. The minimum absolute atomic E-state index is 0.0847. The van der Waals surface area contributed by atoms with Crippen LogP contribution in [0.15, 0.2) is 36.2 Å². The summed E-state index contributed by atoms with van der Waals surface area (Å²) in [5.74, 6) is 1.58. The molecule has 170 valence electrons. The lowest BCUT2D eigenvalue weighted by Crippen LogP contribution is -2.43. The third kappa shape index (κ3) is 9.94. The smallest absolute Gasteiger partial charge is 0.408 e. The highest BCUT2D eigenvalue weighted by molar-refractivity contribution is 7.55. The molecule has 1 aromatic carbocycles. The first-order chi connectivity index (χ1) is 13.4. The van der Waals surface area contributed by atoms with E-state index in [9.17, 15) is 9.36 Å². The van der Waals surface area contributed by atoms with Crippen LogP contribution in [0.25, 0.3) is 0 Å². The van der Waals surface area contributed by atoms with Crippen LogP contribution in [0.2, 0.25) is 18.1 Å². The first-order valence-electron chi connectivity index (χ1n) is 9.90. The maximum atomic E-state index is 12.1. The fourth-order valence-corrected chi connectivity index (χ4v) is 3.70. The van der Waals surface area contributed by atoms with Crippen molar-refractivity contribution < 1.29 is 28.3 Å². The number of carbonyl (C=O) groups is 1. The number of hydrogen-bond donors (Lipinski definition) is 3. The van der Waals surface area contributed by atoms with E-state index in [0.717, 1.165) is 17.1 Å². The molecular weight excluding hydrogens is 421 g/mol. The lowest BCUT2D eigenvalue weighted by Gasteiger charge is -2.36. The van der Waals surface area contributed by atoms with Gasteiger partial charge in [-0.3, -0.25) is 4.57 Å². The molecule has 9 heteroatoms. The molecule has 0 bridgehead atoms. The summed E-state index contributed by atoms with van der Waals surface area (Å²) in [6.07, 6.45) is 0.988. The Balaban J connectivity index is 2.94. The highest BCUT2D eigenvalue weighted by Gasteiger charge is 2.38. The maximum absolute atomic E-state index is 12.1. The second-order valence-electron chi connectivity index (χ2n) is 9.89. The topological polar surface area (TPSA) is 105 Å². The molecule has 0 aliphatic carbocycles. The molecule has 1 amide bonds. The van der Waals surface area contributed by atoms with Gasteiger partial charge in [-0.25, -0.2) is 4.79 Å². The third-order valence-electron chi connectivity index (χ3n) is 4.77. The number of benzene rings is 1. The van der Waals surface area contributed by atoms with Crippen molar-refractivity contribution in [3.8, 4) is 5.75 Å². The van der Waals surface area contributed by atoms with Crippen LogP contribution in [-0.2, 0) is 15.7 Å². The Labute approximate surface area is 181 Å². The molecule has 1 unspecified atom stereocenters. The predicted octanol–water partition coefficient (Wildman–Crippen LogP) is 5.20. The van der Waals surface area contributed by atoms with Crippen LogP contribution in [0, 0.1) is 0 Å². The van der Waals surface area contributed by atoms with Gasteiger partial charge >= 0.3 is 13.7 Å². The van der Waals surface area contributed by atoms with Crippen molar-refractivity contribution in [3.05, 3.63) is 41.7 Å². The molecule has 1 rings (SSSR count). The number of hydrogen-bond acceptors (Lipinski definition) is 4. The predicted molar refractivity (Wildman–Crippen MR) is 122 cm³/mol. The summed E-state index contributed by atoms with van der Waals surface area (Å²) in [5, 5.41) is 2.74. The number of nitrogens with one attached hydrogen (secondary N) is 1. The van der Waals surface area contributed by atoms with Gasteiger partial charge in [0.2, 0.25) is 8.32 Å². The van der Waals surface area contributed by atoms with Gasteiger partial charge in [0, 0.05) is 5.82 Å². The normalized spacial score (nSPS) is 14.5. The quantitative estimate of drug-likeness (QED) is 0.384. The summed E-state index contributed by atoms with van der Waals surface area (Å²) in [6, 6.07) is 6.90. The average Bonchev–Trinajstić information content (AvgIpc) is 2.50. The first kappa shape index (κ1) is 26.4. The van der Waals surface area contributed by atoms with Crippen LogP contribution >= 0.6 is 7.60 Å². The molecule has 0 radical (unpaired) electrons. The summed E-state index contributed by atoms with van der Waals surface area (Å²) < 4.78 is 22.7. The SMILES string of the molecule is CC(C)(C)OC(=O)NC(/C=C/P(=O)(O)O)Cc1ccc(O[Si](C)(C)C(C)(C)C)cc1. The second kappa shape index (κ2) is 9.69. The van der Waals surface area contributed by atoms with Crippen molar-refractivity contribution in [2.75, 3.05) is 0 Å². The fraction of sp³-hybridized carbons (Fsp3) is 0.571. The standard InChI is InChI=1S/C21H36NO6PSi/c1-20(2,3)27-19(23)22-17(13-14-29(24,25)26)15-16-9-11-18(12-10-16)28-30(7,8)21(4,5)6/h9-14,17H,15H2,1-8H3,(H,22,23)(H2,24,25,26)/b14-13+. The summed E-state index contributed by atoms with van der Waals surface area (Å²) in [6.45, 7) is 16.1. The van der Waals surface area contributed by atoms with Gasteiger partial charge in [0.25, 0.3) is 0 Å². The largest absolute Gasteiger partial charge is 0.544 e. The van der Waals surface area contributed by atoms with Crippen LogP contribution in [-0.4, -0.2) is 35.8 Å². The molecule has 30 heavy (non-hydrogen) atoms. The van der Waals surface area contributed by atoms with E-state index in [1.165, 1.54) is 6.08 Å². The summed E-state index contributed by atoms with van der Waals surface area (Å²) in [7, 11) is -6.29. The van der Waals surface area contributed by atoms with Crippen LogP contribution in [0.4, 0.5) is 4.79 Å². The highest BCUT2D eigenvalue weighted by atomic mass is 31.2. The summed E-state index contributed by atoms with van der Waals surface area (Å²) in [5.41, 5.74) is 0.207. The Morgan fingerprint density at radius 3 is 2.10 bits per heavy atom. The number of ether oxygens (including phenoxy) is 1. The molecule has 0 aliphatic rings. The fourth-order valence-electron chi connectivity index (χ4n) is 2.24. The third-order valence-corrected chi connectivity index (χ3v) is 9.69. The number of amides is 1. The zero-order valence-electron chi connectivity index (χ0n) is 19.2. The summed E-state index contributed by atoms with van der Waals surface area (Å²) in [4.78, 5) is 30.4. The zero-order valence-corrected chi connectivity index (χ0v) is 21.1. The van der Waals surface area contributed by atoms with E-state index in [-0.39, 0.29) is 5.04 Å². The van der Waals surface area contributed by atoms with Crippen molar-refractivity contribution >= 4 is 22.0 Å². The van der Waals surface area contributed by atoms with E-state index < -0.39 is 33.6 Å². The Bertz CT molecular complexity index is 787. The monoisotopic (exact) mass is 457 g/mol. The Morgan fingerprint density at radius 2 is 1.67 bits per heavy atom. The molecule has 0 saturated heterocycles. The van der Waals surface area contributed by atoms with Gasteiger partial charge in [0.1, 0.15) is 11.4 Å². The molecular formula is C21H36NO6PSi. The van der Waals surface area contributed by atoms with Gasteiger partial charge in [0.05, 0.1) is 6.04 Å². The lowest BCUT2D eigenvalue weighted by atomic mass is 10.1. The van der Waals surface area contributed by atoms with E-state index in [2.05, 4.69) is 39.2 Å². The first-order valence-corrected chi connectivity index (χ1v) is 14.5. The molecule has 0 heterocycles. The maximum Gasteiger partial charge on any atom is 0.408 e. The molecule has 0 aromatic heterocycles. The lowest BCUT2D eigenvalue weighted by molar-refractivity contribution is 0.0514. The van der Waals surface area contributed by atoms with E-state index in [4.69, 9.17) is 18.9 Å². The Kier molecular flexibility index (Phi) is 8.53. The van der Waals surface area contributed by atoms with Gasteiger partial charge in [-0.15, -0.1) is 0 Å². The van der Waals surface area contributed by atoms with E-state index >= 15 is 0 Å². The van der Waals surface area contributed by atoms with E-state index in [1.807, 2.05) is 24.3 Å². The molecule has 3 N–H and O–H groups in total. The van der Waals surface area contributed by atoms with Crippen LogP contribution in [0.5, 0.6) is 5.75 Å². The molecule has 0 saturated carbocycles. The van der Waals surface area contributed by atoms with Crippen LogP contribution in [0.3, 0.4) is 0 Å². The highest BCUT2D eigenvalue weighted by Crippen LogP contribution is 2.38. The molecule has 7 nitrogen and oxygen atoms in total. The van der Waals surface area contributed by atoms with E-state index in [0.29, 0.717) is 6.42 Å². The van der Waals surface area contributed by atoms with Crippen LogP contribution in [0.1, 0.15) is 47.1 Å². The Morgan fingerprint density at radius 1 is 1.13 bits per heavy atom. The number of rotatable bonds is 7. The second-order valence-corrected chi connectivity index (χ2v) is 16.1. The number of alkyl carbamates (subject to hydrolysis) is 1. The van der Waals surface area contributed by atoms with Crippen molar-refractivity contribution in [2.45, 2.75) is 77.7 Å². The van der Waals surface area contributed by atoms with Crippen molar-refractivity contribution in [2.24, 2.45) is 0 Å². The van der Waals surface area contributed by atoms with Gasteiger partial charge in [-0.2, -0.15) is 0 Å². The van der Waals surface area contributed by atoms with Gasteiger partial charge in [-0.05, 0) is 63.0 Å². The number of carbonyl (C=O) groups excluding carboxylic acids is 1. The zero-order chi connectivity index (χ0) is 23.4. The molecule has 0 fully saturated rings. The van der Waals surface area contributed by atoms with Gasteiger partial charge < -0.3 is 24.3 Å². The minimum Gasteiger partial charge on any atom is -0.544 e. The molecule has 0 aliphatic heterocycles. The molecule has 1 atom stereocenters. The summed E-state index contributed by atoms with van der Waals surface area (Å²) >= 11 is 0. The van der Waals surface area contributed by atoms with E-state index in [1.54, 1.807) is 20.8 Å². The van der Waals surface area contributed by atoms with Gasteiger partial charge in [-0.1, -0.05) is 39.0 Å². The van der Waals surface area contributed by atoms with Crippen molar-refractivity contribution in [1.29, 1.82) is 0 Å². The van der Waals surface area contributed by atoms with Crippen molar-refractivity contribution in [1.82, 2.24) is 5.32 Å². The minimum atomic E-state index is -4.34. The van der Waals surface area contributed by atoms with Crippen molar-refractivity contribution in [3.63, 3.8) is 0 Å².